The van der Waals surface area contributed by atoms with Crippen LogP contribution in [0.25, 0.3) is 0 Å². The molecule has 1 unspecified atom stereocenters. The number of hydrogen-bond donors (Lipinski definition) is 1. The minimum Gasteiger partial charge on any atom is -0.306 e. The van der Waals surface area contributed by atoms with E-state index < -0.39 is 0 Å². The SMILES string of the molecule is CCC(NCc1cccc(F)c1)c1cccc(Cl)c1. The molecule has 2 aromatic carbocycles. The molecular weight excluding hydrogens is 261 g/mol. The molecule has 0 bridgehead atoms. The molecule has 0 aliphatic carbocycles. The van der Waals surface area contributed by atoms with Gasteiger partial charge in [0.1, 0.15) is 5.82 Å². The van der Waals surface area contributed by atoms with Gasteiger partial charge in [-0.25, -0.2) is 4.39 Å². The van der Waals surface area contributed by atoms with Crippen molar-refractivity contribution in [3.05, 3.63) is 70.5 Å². The van der Waals surface area contributed by atoms with Crippen LogP contribution in [0, 0.1) is 5.82 Å². The Morgan fingerprint density at radius 1 is 1.16 bits per heavy atom. The third kappa shape index (κ3) is 4.05. The molecule has 3 heteroatoms. The quantitative estimate of drug-likeness (QED) is 0.834. The number of nitrogens with one attached hydrogen (secondary N) is 1. The van der Waals surface area contributed by atoms with Gasteiger partial charge in [0.25, 0.3) is 0 Å². The number of benzene rings is 2. The zero-order valence-corrected chi connectivity index (χ0v) is 11.6. The van der Waals surface area contributed by atoms with Crippen molar-refractivity contribution in [2.75, 3.05) is 0 Å². The lowest BCUT2D eigenvalue weighted by atomic mass is 10.0. The molecule has 0 saturated heterocycles. The van der Waals surface area contributed by atoms with E-state index in [1.54, 1.807) is 12.1 Å². The van der Waals surface area contributed by atoms with E-state index in [0.29, 0.717) is 6.54 Å². The molecule has 2 rings (SSSR count). The van der Waals surface area contributed by atoms with Gasteiger partial charge in [-0.15, -0.1) is 0 Å². The Morgan fingerprint density at radius 3 is 2.63 bits per heavy atom. The van der Waals surface area contributed by atoms with E-state index in [-0.39, 0.29) is 11.9 Å². The highest BCUT2D eigenvalue weighted by molar-refractivity contribution is 6.30. The van der Waals surface area contributed by atoms with E-state index in [1.165, 1.54) is 6.07 Å². The Balaban J connectivity index is 2.04. The maximum absolute atomic E-state index is 13.1. The summed E-state index contributed by atoms with van der Waals surface area (Å²) < 4.78 is 13.1. The van der Waals surface area contributed by atoms with Gasteiger partial charge in [-0.2, -0.15) is 0 Å². The predicted molar refractivity (Wildman–Crippen MR) is 77.7 cm³/mol. The van der Waals surface area contributed by atoms with Crippen molar-refractivity contribution in [2.24, 2.45) is 0 Å². The van der Waals surface area contributed by atoms with Gasteiger partial charge in [-0.3, -0.25) is 0 Å². The van der Waals surface area contributed by atoms with Gasteiger partial charge in [0.15, 0.2) is 0 Å². The van der Waals surface area contributed by atoms with Gasteiger partial charge in [0.05, 0.1) is 0 Å². The summed E-state index contributed by atoms with van der Waals surface area (Å²) in [6, 6.07) is 14.7. The third-order valence-electron chi connectivity index (χ3n) is 3.10. The van der Waals surface area contributed by atoms with Crippen molar-refractivity contribution in [1.82, 2.24) is 5.32 Å². The van der Waals surface area contributed by atoms with Crippen LogP contribution in [-0.2, 0) is 6.54 Å². The van der Waals surface area contributed by atoms with Crippen LogP contribution >= 0.6 is 11.6 Å². The Kier molecular flexibility index (Phi) is 4.94. The summed E-state index contributed by atoms with van der Waals surface area (Å²) in [5.74, 6) is -0.199. The normalized spacial score (nSPS) is 12.4. The van der Waals surface area contributed by atoms with E-state index in [1.807, 2.05) is 24.3 Å². The summed E-state index contributed by atoms with van der Waals surface area (Å²) in [4.78, 5) is 0. The molecule has 2 aromatic rings. The highest BCUT2D eigenvalue weighted by Crippen LogP contribution is 2.20. The lowest BCUT2D eigenvalue weighted by molar-refractivity contribution is 0.517. The Labute approximate surface area is 118 Å². The molecule has 0 saturated carbocycles. The van der Waals surface area contributed by atoms with E-state index in [9.17, 15) is 4.39 Å². The molecule has 100 valence electrons. The maximum Gasteiger partial charge on any atom is 0.123 e. The zero-order chi connectivity index (χ0) is 13.7. The second kappa shape index (κ2) is 6.69. The van der Waals surface area contributed by atoms with Crippen molar-refractivity contribution >= 4 is 11.6 Å². The first-order valence-corrected chi connectivity index (χ1v) is 6.80. The number of halogens is 2. The minimum absolute atomic E-state index is 0.199. The van der Waals surface area contributed by atoms with Crippen molar-refractivity contribution in [3.63, 3.8) is 0 Å². The molecule has 0 amide bonds. The zero-order valence-electron chi connectivity index (χ0n) is 10.9. The Bertz CT molecular complexity index is 542. The Morgan fingerprint density at radius 2 is 1.95 bits per heavy atom. The fourth-order valence-corrected chi connectivity index (χ4v) is 2.31. The second-order valence-electron chi connectivity index (χ2n) is 4.53. The van der Waals surface area contributed by atoms with Crippen molar-refractivity contribution in [1.29, 1.82) is 0 Å². The van der Waals surface area contributed by atoms with Crippen LogP contribution in [0.4, 0.5) is 4.39 Å². The van der Waals surface area contributed by atoms with E-state index >= 15 is 0 Å². The summed E-state index contributed by atoms with van der Waals surface area (Å²) >= 11 is 6.01. The van der Waals surface area contributed by atoms with Crippen LogP contribution in [0.3, 0.4) is 0 Å². The summed E-state index contributed by atoms with van der Waals surface area (Å²) in [5, 5.41) is 4.17. The fourth-order valence-electron chi connectivity index (χ4n) is 2.11. The summed E-state index contributed by atoms with van der Waals surface area (Å²) in [6.07, 6.45) is 0.954. The first-order chi connectivity index (χ1) is 9.19. The summed E-state index contributed by atoms with van der Waals surface area (Å²) in [5.41, 5.74) is 2.10. The van der Waals surface area contributed by atoms with Gasteiger partial charge >= 0.3 is 0 Å². The molecule has 0 aromatic heterocycles. The molecule has 0 aliphatic heterocycles. The molecule has 19 heavy (non-hydrogen) atoms. The highest BCUT2D eigenvalue weighted by Gasteiger charge is 2.09. The molecule has 0 heterocycles. The molecular formula is C16H17ClFN. The fraction of sp³-hybridized carbons (Fsp3) is 0.250. The van der Waals surface area contributed by atoms with Gasteiger partial charge in [0.2, 0.25) is 0 Å². The van der Waals surface area contributed by atoms with Gasteiger partial charge in [0, 0.05) is 17.6 Å². The number of hydrogen-bond acceptors (Lipinski definition) is 1. The second-order valence-corrected chi connectivity index (χ2v) is 4.96. The van der Waals surface area contributed by atoms with Gasteiger partial charge < -0.3 is 5.32 Å². The van der Waals surface area contributed by atoms with E-state index in [0.717, 1.165) is 22.6 Å². The minimum atomic E-state index is -0.199. The van der Waals surface area contributed by atoms with Crippen LogP contribution < -0.4 is 5.32 Å². The number of rotatable bonds is 5. The first-order valence-electron chi connectivity index (χ1n) is 6.42. The average molecular weight is 278 g/mol. The Hall–Kier alpha value is -1.38. The lowest BCUT2D eigenvalue weighted by Gasteiger charge is -2.17. The van der Waals surface area contributed by atoms with Crippen molar-refractivity contribution in [2.45, 2.75) is 25.9 Å². The average Bonchev–Trinajstić information content (AvgIpc) is 2.40. The van der Waals surface area contributed by atoms with Gasteiger partial charge in [-0.05, 0) is 41.8 Å². The molecule has 0 aliphatic rings. The monoisotopic (exact) mass is 277 g/mol. The van der Waals surface area contributed by atoms with Crippen LogP contribution in [-0.4, -0.2) is 0 Å². The standard InChI is InChI=1S/C16H17ClFN/c1-2-16(13-6-4-7-14(17)10-13)19-11-12-5-3-8-15(18)9-12/h3-10,16,19H,2,11H2,1H3. The molecule has 0 fully saturated rings. The van der Waals surface area contributed by atoms with Crippen molar-refractivity contribution in [3.8, 4) is 0 Å². The topological polar surface area (TPSA) is 12.0 Å². The van der Waals surface area contributed by atoms with E-state index in [2.05, 4.69) is 18.3 Å². The smallest absolute Gasteiger partial charge is 0.123 e. The van der Waals surface area contributed by atoms with Crippen LogP contribution in [0.2, 0.25) is 5.02 Å². The molecule has 1 N–H and O–H groups in total. The summed E-state index contributed by atoms with van der Waals surface area (Å²) in [6.45, 7) is 2.76. The van der Waals surface area contributed by atoms with Crippen LogP contribution in [0.1, 0.15) is 30.5 Å². The first kappa shape index (κ1) is 14.0. The van der Waals surface area contributed by atoms with E-state index in [4.69, 9.17) is 11.6 Å². The largest absolute Gasteiger partial charge is 0.306 e. The molecule has 0 spiro atoms. The van der Waals surface area contributed by atoms with Crippen molar-refractivity contribution < 1.29 is 4.39 Å². The lowest BCUT2D eigenvalue weighted by Crippen LogP contribution is -2.20. The van der Waals surface area contributed by atoms with Gasteiger partial charge in [-0.1, -0.05) is 42.8 Å². The maximum atomic E-state index is 13.1. The van der Waals surface area contributed by atoms with Crippen LogP contribution in [0.15, 0.2) is 48.5 Å². The molecule has 1 atom stereocenters. The third-order valence-corrected chi connectivity index (χ3v) is 3.34. The molecule has 0 radical (unpaired) electrons. The predicted octanol–water partition coefficient (Wildman–Crippen LogP) is 4.72. The van der Waals surface area contributed by atoms with Crippen LogP contribution in [0.5, 0.6) is 0 Å². The summed E-state index contributed by atoms with van der Waals surface area (Å²) in [7, 11) is 0. The highest BCUT2D eigenvalue weighted by atomic mass is 35.5. The molecule has 1 nitrogen and oxygen atoms in total.